The molecule has 86 valence electrons. The maximum Gasteiger partial charge on any atom is 0.574 e. The Hall–Kier alpha value is -1.72. The van der Waals surface area contributed by atoms with Crippen molar-refractivity contribution in [3.63, 3.8) is 0 Å². The number of alkyl halides is 3. The zero-order chi connectivity index (χ0) is 11.8. The number of aryl methyl sites for hydroxylation is 1. The van der Waals surface area contributed by atoms with Crippen molar-refractivity contribution in [3.8, 4) is 5.88 Å². The van der Waals surface area contributed by atoms with Gasteiger partial charge in [-0.3, -0.25) is 4.40 Å². The topological polar surface area (TPSA) is 26.5 Å². The molecule has 0 unspecified atom stereocenters. The molecule has 2 aromatic rings. The number of pyridine rings is 1. The van der Waals surface area contributed by atoms with Gasteiger partial charge in [0.25, 0.3) is 0 Å². The van der Waals surface area contributed by atoms with E-state index >= 15 is 0 Å². The van der Waals surface area contributed by atoms with Gasteiger partial charge in [0.05, 0.1) is 0 Å². The number of halogens is 3. The molecule has 2 aromatic heterocycles. The number of rotatable bonds is 2. The SMILES string of the molecule is CCc1nc2ccccn2c1OC(F)(F)F. The van der Waals surface area contributed by atoms with E-state index in [-0.39, 0.29) is 5.88 Å². The van der Waals surface area contributed by atoms with Crippen LogP contribution < -0.4 is 4.74 Å². The summed E-state index contributed by atoms with van der Waals surface area (Å²) in [4.78, 5) is 4.05. The van der Waals surface area contributed by atoms with Gasteiger partial charge < -0.3 is 4.74 Å². The van der Waals surface area contributed by atoms with E-state index in [0.29, 0.717) is 17.8 Å². The summed E-state index contributed by atoms with van der Waals surface area (Å²) in [5.41, 5.74) is 0.738. The number of aromatic nitrogens is 2. The zero-order valence-electron chi connectivity index (χ0n) is 8.45. The summed E-state index contributed by atoms with van der Waals surface area (Å²) in [6.45, 7) is 1.73. The average Bonchev–Trinajstić information content (AvgIpc) is 2.55. The van der Waals surface area contributed by atoms with Crippen molar-refractivity contribution >= 4 is 5.65 Å². The Morgan fingerprint density at radius 2 is 2.12 bits per heavy atom. The minimum Gasteiger partial charge on any atom is -0.387 e. The minimum atomic E-state index is -4.70. The Morgan fingerprint density at radius 1 is 1.38 bits per heavy atom. The highest BCUT2D eigenvalue weighted by molar-refractivity contribution is 5.45. The van der Waals surface area contributed by atoms with Crippen molar-refractivity contribution in [1.82, 2.24) is 9.38 Å². The van der Waals surface area contributed by atoms with Crippen LogP contribution in [0.25, 0.3) is 5.65 Å². The molecule has 0 amide bonds. The van der Waals surface area contributed by atoms with E-state index in [1.165, 1.54) is 10.6 Å². The fourth-order valence-corrected chi connectivity index (χ4v) is 1.47. The molecule has 2 heterocycles. The van der Waals surface area contributed by atoms with E-state index < -0.39 is 6.36 Å². The fourth-order valence-electron chi connectivity index (χ4n) is 1.47. The Labute approximate surface area is 89.5 Å². The van der Waals surface area contributed by atoms with Crippen LogP contribution in [0.2, 0.25) is 0 Å². The maximum absolute atomic E-state index is 12.2. The first-order chi connectivity index (χ1) is 7.51. The molecule has 0 fully saturated rings. The van der Waals surface area contributed by atoms with Crippen molar-refractivity contribution in [3.05, 3.63) is 30.1 Å². The Morgan fingerprint density at radius 3 is 2.75 bits per heavy atom. The van der Waals surface area contributed by atoms with Gasteiger partial charge in [-0.1, -0.05) is 13.0 Å². The van der Waals surface area contributed by atoms with Gasteiger partial charge in [-0.2, -0.15) is 0 Å². The molecule has 0 aliphatic rings. The van der Waals surface area contributed by atoms with Crippen LogP contribution in [0, 0.1) is 0 Å². The number of ether oxygens (including phenoxy) is 1. The lowest BCUT2D eigenvalue weighted by atomic mass is 10.3. The van der Waals surface area contributed by atoms with Gasteiger partial charge in [0.2, 0.25) is 5.88 Å². The van der Waals surface area contributed by atoms with Gasteiger partial charge >= 0.3 is 6.36 Å². The van der Waals surface area contributed by atoms with E-state index in [1.807, 2.05) is 0 Å². The summed E-state index contributed by atoms with van der Waals surface area (Å²) in [7, 11) is 0. The first kappa shape index (κ1) is 10.8. The highest BCUT2D eigenvalue weighted by atomic mass is 19.4. The third kappa shape index (κ3) is 1.95. The van der Waals surface area contributed by atoms with Crippen LogP contribution in [0.1, 0.15) is 12.6 Å². The highest BCUT2D eigenvalue weighted by Crippen LogP contribution is 2.27. The lowest BCUT2D eigenvalue weighted by molar-refractivity contribution is -0.276. The second-order valence-electron chi connectivity index (χ2n) is 3.19. The average molecular weight is 230 g/mol. The first-order valence-corrected chi connectivity index (χ1v) is 4.73. The van der Waals surface area contributed by atoms with Gasteiger partial charge in [-0.15, -0.1) is 13.2 Å². The van der Waals surface area contributed by atoms with E-state index in [9.17, 15) is 13.2 Å². The van der Waals surface area contributed by atoms with Crippen LogP contribution in [-0.2, 0) is 6.42 Å². The predicted octanol–water partition coefficient (Wildman–Crippen LogP) is 2.80. The highest BCUT2D eigenvalue weighted by Gasteiger charge is 2.33. The molecule has 0 N–H and O–H groups in total. The third-order valence-electron chi connectivity index (χ3n) is 2.10. The second-order valence-corrected chi connectivity index (χ2v) is 3.19. The summed E-state index contributed by atoms with van der Waals surface area (Å²) in [5, 5.41) is 0. The van der Waals surface area contributed by atoms with Crippen molar-refractivity contribution < 1.29 is 17.9 Å². The van der Waals surface area contributed by atoms with Crippen molar-refractivity contribution in [2.24, 2.45) is 0 Å². The molecule has 16 heavy (non-hydrogen) atoms. The predicted molar refractivity (Wildman–Crippen MR) is 51.3 cm³/mol. The van der Waals surface area contributed by atoms with Gasteiger partial charge in [0, 0.05) is 6.20 Å². The summed E-state index contributed by atoms with van der Waals surface area (Å²) in [5.74, 6) is -0.259. The molecular formula is C10H9F3N2O. The Bertz CT molecular complexity index is 504. The number of imidazole rings is 1. The van der Waals surface area contributed by atoms with Crippen molar-refractivity contribution in [2.75, 3.05) is 0 Å². The summed E-state index contributed by atoms with van der Waals surface area (Å²) < 4.78 is 41.9. The van der Waals surface area contributed by atoms with Crippen LogP contribution in [0.3, 0.4) is 0 Å². The van der Waals surface area contributed by atoms with E-state index in [0.717, 1.165) is 0 Å². The molecule has 0 aliphatic heterocycles. The molecule has 2 rings (SSSR count). The largest absolute Gasteiger partial charge is 0.574 e. The second kappa shape index (κ2) is 3.70. The third-order valence-corrected chi connectivity index (χ3v) is 2.10. The fraction of sp³-hybridized carbons (Fsp3) is 0.300. The van der Waals surface area contributed by atoms with Gasteiger partial charge in [-0.25, -0.2) is 4.98 Å². The molecule has 0 saturated carbocycles. The summed E-state index contributed by atoms with van der Waals surface area (Å²) >= 11 is 0. The lowest BCUT2D eigenvalue weighted by Gasteiger charge is -2.09. The van der Waals surface area contributed by atoms with Crippen LogP contribution in [0.15, 0.2) is 24.4 Å². The van der Waals surface area contributed by atoms with Gasteiger partial charge in [0.1, 0.15) is 11.3 Å². The molecule has 6 heteroatoms. The molecule has 0 radical (unpaired) electrons. The number of hydrogen-bond acceptors (Lipinski definition) is 2. The Balaban J connectivity index is 2.56. The van der Waals surface area contributed by atoms with Crippen LogP contribution in [0.4, 0.5) is 13.2 Å². The number of nitrogens with zero attached hydrogens (tertiary/aromatic N) is 2. The normalized spacial score (nSPS) is 12.0. The van der Waals surface area contributed by atoms with Crippen molar-refractivity contribution in [1.29, 1.82) is 0 Å². The molecule has 0 bridgehead atoms. The minimum absolute atomic E-state index is 0.259. The van der Waals surface area contributed by atoms with Gasteiger partial charge in [0.15, 0.2) is 0 Å². The molecular weight excluding hydrogens is 221 g/mol. The summed E-state index contributed by atoms with van der Waals surface area (Å²) in [6, 6.07) is 4.96. The van der Waals surface area contributed by atoms with Crippen LogP contribution in [0.5, 0.6) is 5.88 Å². The van der Waals surface area contributed by atoms with Gasteiger partial charge in [-0.05, 0) is 18.6 Å². The standard InChI is InChI=1S/C10H9F3N2O/c1-2-7-9(16-10(11,12)13)15-6-4-3-5-8(15)14-7/h3-6H,2H2,1H3. The molecule has 0 aromatic carbocycles. The molecule has 3 nitrogen and oxygen atoms in total. The van der Waals surface area contributed by atoms with Crippen LogP contribution >= 0.6 is 0 Å². The first-order valence-electron chi connectivity index (χ1n) is 4.73. The monoisotopic (exact) mass is 230 g/mol. The summed E-state index contributed by atoms with van der Waals surface area (Å²) in [6.07, 6.45) is -2.83. The lowest BCUT2D eigenvalue weighted by Crippen LogP contribution is -2.19. The van der Waals surface area contributed by atoms with Crippen molar-refractivity contribution in [2.45, 2.75) is 19.7 Å². The Kier molecular flexibility index (Phi) is 2.49. The molecule has 0 aliphatic carbocycles. The smallest absolute Gasteiger partial charge is 0.387 e. The van der Waals surface area contributed by atoms with Crippen LogP contribution in [-0.4, -0.2) is 15.7 Å². The number of fused-ring (bicyclic) bond motifs is 1. The molecule has 0 atom stereocenters. The quantitative estimate of drug-likeness (QED) is 0.793. The molecule has 0 spiro atoms. The van der Waals surface area contributed by atoms with E-state index in [1.54, 1.807) is 25.1 Å². The number of hydrogen-bond donors (Lipinski definition) is 0. The molecule has 0 saturated heterocycles. The maximum atomic E-state index is 12.2. The van der Waals surface area contributed by atoms with E-state index in [2.05, 4.69) is 9.72 Å². The zero-order valence-corrected chi connectivity index (χ0v) is 8.45. The van der Waals surface area contributed by atoms with E-state index in [4.69, 9.17) is 0 Å².